The van der Waals surface area contributed by atoms with Gasteiger partial charge in [-0.1, -0.05) is 36.4 Å². The van der Waals surface area contributed by atoms with Gasteiger partial charge in [-0.05, 0) is 85.9 Å². The Labute approximate surface area is 154 Å². The molecule has 22 heavy (non-hydrogen) atoms. The lowest BCUT2D eigenvalue weighted by Crippen LogP contribution is -2.54. The van der Waals surface area contributed by atoms with Gasteiger partial charge in [-0.25, -0.2) is 0 Å². The molecule has 4 rings (SSSR count). The third-order valence-corrected chi connectivity index (χ3v) is 11.0. The van der Waals surface area contributed by atoms with Crippen molar-refractivity contribution in [3.05, 3.63) is 0 Å². The summed E-state index contributed by atoms with van der Waals surface area (Å²) >= 11 is 9.47. The number of aliphatic hydroxyl groups is 1. The molecule has 1 N–H and O–H groups in total. The maximum atomic E-state index is 10.1. The van der Waals surface area contributed by atoms with E-state index in [-0.39, 0.29) is 6.10 Å². The molecule has 0 aromatic heterocycles. The van der Waals surface area contributed by atoms with Gasteiger partial charge in [-0.2, -0.15) is 0 Å². The molecular formula is C19H30ClIO. The zero-order valence-corrected chi connectivity index (χ0v) is 16.8. The number of aliphatic hydroxyl groups excluding tert-OH is 1. The standard InChI is InChI=1S/C19H30ClIO/c1-18-7-5-12(22)9-11(18)3-4-13-14(18)6-8-19(2)15(13)10-16(21)17(19)20/h11-17,22H,3-10H2,1-2H3/t11?,12-,13?,14?,15?,16+,17?,18-,19-/m0/s1. The Morgan fingerprint density at radius 1 is 0.955 bits per heavy atom. The first kappa shape index (κ1) is 16.4. The molecule has 4 fully saturated rings. The second-order valence-corrected chi connectivity index (χ2v) is 11.4. The van der Waals surface area contributed by atoms with Gasteiger partial charge in [0.1, 0.15) is 0 Å². The fourth-order valence-electron chi connectivity index (χ4n) is 7.14. The summed E-state index contributed by atoms with van der Waals surface area (Å²) in [4.78, 5) is 0. The molecule has 0 aromatic rings. The van der Waals surface area contributed by atoms with E-state index in [1.54, 1.807) is 0 Å². The van der Waals surface area contributed by atoms with Gasteiger partial charge in [0.05, 0.1) is 11.5 Å². The lowest BCUT2D eigenvalue weighted by molar-refractivity contribution is -0.120. The number of rotatable bonds is 0. The van der Waals surface area contributed by atoms with Crippen LogP contribution in [0, 0.1) is 34.5 Å². The van der Waals surface area contributed by atoms with Crippen molar-refractivity contribution in [1.29, 1.82) is 0 Å². The quantitative estimate of drug-likeness (QED) is 0.397. The van der Waals surface area contributed by atoms with E-state index in [2.05, 4.69) is 36.4 Å². The van der Waals surface area contributed by atoms with Crippen LogP contribution in [0.1, 0.15) is 65.2 Å². The van der Waals surface area contributed by atoms with E-state index >= 15 is 0 Å². The third-order valence-electron chi connectivity index (χ3n) is 8.50. The predicted molar refractivity (Wildman–Crippen MR) is 101 cm³/mol. The molecule has 0 radical (unpaired) electrons. The zero-order valence-electron chi connectivity index (χ0n) is 13.9. The molecule has 1 nitrogen and oxygen atoms in total. The molecule has 0 spiro atoms. The molecule has 0 heterocycles. The summed E-state index contributed by atoms with van der Waals surface area (Å²) in [5.74, 6) is 3.41. The van der Waals surface area contributed by atoms with Gasteiger partial charge in [0, 0.05) is 3.92 Å². The predicted octanol–water partition coefficient (Wildman–Crippen LogP) is 5.41. The molecule has 4 aliphatic carbocycles. The van der Waals surface area contributed by atoms with Gasteiger partial charge in [-0.15, -0.1) is 11.6 Å². The highest BCUT2D eigenvalue weighted by molar-refractivity contribution is 14.1. The summed E-state index contributed by atoms with van der Waals surface area (Å²) in [7, 11) is 0. The van der Waals surface area contributed by atoms with E-state index in [1.807, 2.05) is 0 Å². The Morgan fingerprint density at radius 3 is 2.45 bits per heavy atom. The van der Waals surface area contributed by atoms with E-state index in [1.165, 1.54) is 38.5 Å². The molecule has 4 saturated carbocycles. The van der Waals surface area contributed by atoms with Crippen molar-refractivity contribution >= 4 is 34.2 Å². The first-order valence-corrected chi connectivity index (χ1v) is 11.0. The number of hydrogen-bond acceptors (Lipinski definition) is 1. The van der Waals surface area contributed by atoms with E-state index in [4.69, 9.17) is 11.6 Å². The minimum atomic E-state index is -0.0269. The van der Waals surface area contributed by atoms with Crippen molar-refractivity contribution in [2.75, 3.05) is 0 Å². The summed E-state index contributed by atoms with van der Waals surface area (Å²) in [6.07, 6.45) is 10.1. The lowest BCUT2D eigenvalue weighted by atomic mass is 9.45. The summed E-state index contributed by atoms with van der Waals surface area (Å²) in [6, 6.07) is 0. The van der Waals surface area contributed by atoms with Crippen LogP contribution in [0.4, 0.5) is 0 Å². The fourth-order valence-corrected chi connectivity index (χ4v) is 8.89. The molecule has 0 bridgehead atoms. The van der Waals surface area contributed by atoms with E-state index in [0.717, 1.165) is 36.5 Å². The molecular weight excluding hydrogens is 407 g/mol. The van der Waals surface area contributed by atoms with Crippen molar-refractivity contribution < 1.29 is 5.11 Å². The van der Waals surface area contributed by atoms with Crippen molar-refractivity contribution in [2.24, 2.45) is 34.5 Å². The van der Waals surface area contributed by atoms with Crippen LogP contribution in [0.15, 0.2) is 0 Å². The Bertz CT molecular complexity index is 457. The number of hydrogen-bond donors (Lipinski definition) is 1. The van der Waals surface area contributed by atoms with Crippen LogP contribution in [0.3, 0.4) is 0 Å². The average Bonchev–Trinajstić information content (AvgIpc) is 2.72. The van der Waals surface area contributed by atoms with Crippen LogP contribution in [0.2, 0.25) is 0 Å². The zero-order chi connectivity index (χ0) is 15.7. The maximum absolute atomic E-state index is 10.1. The molecule has 0 aromatic carbocycles. The van der Waals surface area contributed by atoms with E-state index < -0.39 is 0 Å². The van der Waals surface area contributed by atoms with Gasteiger partial charge < -0.3 is 5.11 Å². The monoisotopic (exact) mass is 436 g/mol. The Morgan fingerprint density at radius 2 is 1.68 bits per heavy atom. The van der Waals surface area contributed by atoms with Gasteiger partial charge in [0.2, 0.25) is 0 Å². The van der Waals surface area contributed by atoms with Crippen LogP contribution in [-0.4, -0.2) is 20.5 Å². The molecule has 0 saturated heterocycles. The van der Waals surface area contributed by atoms with Crippen LogP contribution >= 0.6 is 34.2 Å². The first-order chi connectivity index (χ1) is 10.4. The lowest BCUT2D eigenvalue weighted by Gasteiger charge is -2.60. The summed E-state index contributed by atoms with van der Waals surface area (Å²) in [6.45, 7) is 5.06. The second-order valence-electron chi connectivity index (χ2n) is 9.28. The Hall–Kier alpha value is 0.980. The maximum Gasteiger partial charge on any atom is 0.0543 e. The van der Waals surface area contributed by atoms with Crippen LogP contribution in [0.25, 0.3) is 0 Å². The van der Waals surface area contributed by atoms with Crippen molar-refractivity contribution in [2.45, 2.75) is 80.6 Å². The average molecular weight is 437 g/mol. The Balaban J connectivity index is 1.63. The molecule has 5 unspecified atom stereocenters. The highest BCUT2D eigenvalue weighted by Crippen LogP contribution is 2.67. The Kier molecular flexibility index (Phi) is 4.10. The summed E-state index contributed by atoms with van der Waals surface area (Å²) < 4.78 is 0.659. The van der Waals surface area contributed by atoms with Crippen molar-refractivity contribution in [3.63, 3.8) is 0 Å². The molecule has 126 valence electrons. The second kappa shape index (κ2) is 5.49. The van der Waals surface area contributed by atoms with Crippen LogP contribution < -0.4 is 0 Å². The minimum absolute atomic E-state index is 0.0269. The van der Waals surface area contributed by atoms with Gasteiger partial charge in [0.25, 0.3) is 0 Å². The van der Waals surface area contributed by atoms with Gasteiger partial charge in [0.15, 0.2) is 0 Å². The van der Waals surface area contributed by atoms with Gasteiger partial charge >= 0.3 is 0 Å². The number of alkyl halides is 2. The summed E-state index contributed by atoms with van der Waals surface area (Å²) in [5.41, 5.74) is 0.876. The molecule has 4 aliphatic rings. The van der Waals surface area contributed by atoms with E-state index in [9.17, 15) is 5.11 Å². The molecule has 0 aliphatic heterocycles. The largest absolute Gasteiger partial charge is 0.393 e. The van der Waals surface area contributed by atoms with Gasteiger partial charge in [-0.3, -0.25) is 0 Å². The third kappa shape index (κ3) is 2.18. The number of halogens is 2. The molecule has 3 heteroatoms. The highest BCUT2D eigenvalue weighted by Gasteiger charge is 2.61. The smallest absolute Gasteiger partial charge is 0.0543 e. The van der Waals surface area contributed by atoms with Crippen LogP contribution in [0.5, 0.6) is 0 Å². The SMILES string of the molecule is C[C@]12CC[C@H](O)CC1CCC1C2CC[C@@]2(C)C1C[C@@H](I)C2Cl. The molecule has 0 amide bonds. The topological polar surface area (TPSA) is 20.2 Å². The van der Waals surface area contributed by atoms with Crippen molar-refractivity contribution in [3.8, 4) is 0 Å². The molecule has 9 atom stereocenters. The first-order valence-electron chi connectivity index (χ1n) is 9.32. The normalized spacial score (nSPS) is 61.2. The highest BCUT2D eigenvalue weighted by atomic mass is 127. The summed E-state index contributed by atoms with van der Waals surface area (Å²) in [5, 5.41) is 10.5. The fraction of sp³-hybridized carbons (Fsp3) is 1.00. The minimum Gasteiger partial charge on any atom is -0.393 e. The van der Waals surface area contributed by atoms with E-state index in [0.29, 0.717) is 20.1 Å². The van der Waals surface area contributed by atoms with Crippen molar-refractivity contribution in [1.82, 2.24) is 0 Å². The number of fused-ring (bicyclic) bond motifs is 5. The van der Waals surface area contributed by atoms with Crippen LogP contribution in [-0.2, 0) is 0 Å².